The van der Waals surface area contributed by atoms with Gasteiger partial charge in [-0.1, -0.05) is 25.7 Å². The maximum Gasteiger partial charge on any atom is 0.149 e. The molecule has 0 radical (unpaired) electrons. The highest BCUT2D eigenvalue weighted by Crippen LogP contribution is 2.22. The van der Waals surface area contributed by atoms with Gasteiger partial charge in [-0.15, -0.1) is 10.2 Å². The summed E-state index contributed by atoms with van der Waals surface area (Å²) in [5.41, 5.74) is 0. The SMILES string of the molecule is CC(NC1CCCCCC1)c1nnc2n1CCC2. The highest BCUT2D eigenvalue weighted by molar-refractivity contribution is 5.04. The Balaban J connectivity index is 1.64. The Bertz CT molecular complexity index is 390. The molecule has 2 heterocycles. The summed E-state index contributed by atoms with van der Waals surface area (Å²) in [6.45, 7) is 3.34. The Kier molecular flexibility index (Phi) is 3.64. The number of rotatable bonds is 3. The van der Waals surface area contributed by atoms with Gasteiger partial charge in [0.25, 0.3) is 0 Å². The summed E-state index contributed by atoms with van der Waals surface area (Å²) in [5, 5.41) is 12.4. The van der Waals surface area contributed by atoms with Crippen molar-refractivity contribution in [3.8, 4) is 0 Å². The molecule has 1 aliphatic carbocycles. The molecule has 1 N–H and O–H groups in total. The molecule has 0 spiro atoms. The van der Waals surface area contributed by atoms with E-state index in [1.54, 1.807) is 0 Å². The number of nitrogens with zero attached hydrogens (tertiary/aromatic N) is 3. The summed E-state index contributed by atoms with van der Waals surface area (Å²) in [6, 6.07) is 1.02. The van der Waals surface area contributed by atoms with E-state index in [4.69, 9.17) is 0 Å². The van der Waals surface area contributed by atoms with Gasteiger partial charge in [0.05, 0.1) is 6.04 Å². The monoisotopic (exact) mass is 248 g/mol. The predicted molar refractivity (Wildman–Crippen MR) is 71.4 cm³/mol. The van der Waals surface area contributed by atoms with Crippen molar-refractivity contribution in [2.75, 3.05) is 0 Å². The molecule has 1 fully saturated rings. The van der Waals surface area contributed by atoms with Gasteiger partial charge in [0.2, 0.25) is 0 Å². The van der Waals surface area contributed by atoms with E-state index >= 15 is 0 Å². The molecule has 1 aliphatic heterocycles. The number of aryl methyl sites for hydroxylation is 1. The Labute approximate surface area is 109 Å². The van der Waals surface area contributed by atoms with Gasteiger partial charge in [-0.2, -0.15) is 0 Å². The number of hydrogen-bond donors (Lipinski definition) is 1. The maximum absolute atomic E-state index is 4.38. The summed E-state index contributed by atoms with van der Waals surface area (Å²) >= 11 is 0. The van der Waals surface area contributed by atoms with E-state index < -0.39 is 0 Å². The molecule has 3 rings (SSSR count). The molecule has 100 valence electrons. The second-order valence-electron chi connectivity index (χ2n) is 5.81. The van der Waals surface area contributed by atoms with Crippen molar-refractivity contribution >= 4 is 0 Å². The van der Waals surface area contributed by atoms with Crippen molar-refractivity contribution in [3.63, 3.8) is 0 Å². The third-order valence-corrected chi connectivity index (χ3v) is 4.37. The number of fused-ring (bicyclic) bond motifs is 1. The van der Waals surface area contributed by atoms with Crippen molar-refractivity contribution in [1.82, 2.24) is 20.1 Å². The fraction of sp³-hybridized carbons (Fsp3) is 0.857. The predicted octanol–water partition coefficient (Wildman–Crippen LogP) is 2.60. The number of nitrogens with one attached hydrogen (secondary N) is 1. The summed E-state index contributed by atoms with van der Waals surface area (Å²) in [5.74, 6) is 2.33. The van der Waals surface area contributed by atoms with E-state index in [2.05, 4.69) is 27.0 Å². The molecule has 0 aromatic carbocycles. The van der Waals surface area contributed by atoms with Gasteiger partial charge in [-0.05, 0) is 26.2 Å². The molecule has 1 aromatic rings. The van der Waals surface area contributed by atoms with Crippen molar-refractivity contribution in [2.45, 2.75) is 76.9 Å². The molecule has 1 unspecified atom stereocenters. The minimum Gasteiger partial charge on any atom is -0.314 e. The number of aromatic nitrogens is 3. The van der Waals surface area contributed by atoms with Gasteiger partial charge >= 0.3 is 0 Å². The van der Waals surface area contributed by atoms with E-state index in [9.17, 15) is 0 Å². The van der Waals surface area contributed by atoms with Crippen LogP contribution in [0.1, 0.15) is 69.6 Å². The summed E-state index contributed by atoms with van der Waals surface area (Å²) in [6.07, 6.45) is 10.6. The Morgan fingerprint density at radius 1 is 1.11 bits per heavy atom. The molecule has 1 saturated carbocycles. The van der Waals surface area contributed by atoms with Crippen molar-refractivity contribution < 1.29 is 0 Å². The first kappa shape index (κ1) is 12.2. The normalized spacial score (nSPS) is 22.7. The summed E-state index contributed by atoms with van der Waals surface area (Å²) in [7, 11) is 0. The van der Waals surface area contributed by atoms with Gasteiger partial charge in [-0.3, -0.25) is 0 Å². The van der Waals surface area contributed by atoms with Crippen LogP contribution in [0.15, 0.2) is 0 Å². The third kappa shape index (κ3) is 2.44. The zero-order valence-electron chi connectivity index (χ0n) is 11.4. The molecular formula is C14H24N4. The van der Waals surface area contributed by atoms with Crippen LogP contribution in [0.25, 0.3) is 0 Å². The second kappa shape index (κ2) is 5.39. The Hall–Kier alpha value is -0.900. The lowest BCUT2D eigenvalue weighted by Gasteiger charge is -2.21. The van der Waals surface area contributed by atoms with Gasteiger partial charge in [0, 0.05) is 19.0 Å². The molecule has 4 heteroatoms. The lowest BCUT2D eigenvalue weighted by atomic mass is 10.1. The molecule has 18 heavy (non-hydrogen) atoms. The van der Waals surface area contributed by atoms with Crippen LogP contribution in [0, 0.1) is 0 Å². The highest BCUT2D eigenvalue weighted by atomic mass is 15.3. The van der Waals surface area contributed by atoms with Crippen LogP contribution in [-0.4, -0.2) is 20.8 Å². The molecule has 0 bridgehead atoms. The number of hydrogen-bond acceptors (Lipinski definition) is 3. The van der Waals surface area contributed by atoms with Crippen molar-refractivity contribution in [2.24, 2.45) is 0 Å². The molecule has 1 atom stereocenters. The van der Waals surface area contributed by atoms with Crippen molar-refractivity contribution in [1.29, 1.82) is 0 Å². The van der Waals surface area contributed by atoms with E-state index in [1.165, 1.54) is 50.8 Å². The van der Waals surface area contributed by atoms with Crippen LogP contribution in [0.3, 0.4) is 0 Å². The quantitative estimate of drug-likeness (QED) is 0.836. The van der Waals surface area contributed by atoms with Crippen LogP contribution in [0.2, 0.25) is 0 Å². The van der Waals surface area contributed by atoms with Crippen LogP contribution in [0.4, 0.5) is 0 Å². The third-order valence-electron chi connectivity index (χ3n) is 4.37. The largest absolute Gasteiger partial charge is 0.314 e. The van der Waals surface area contributed by atoms with Crippen LogP contribution in [-0.2, 0) is 13.0 Å². The zero-order valence-corrected chi connectivity index (χ0v) is 11.4. The van der Waals surface area contributed by atoms with Gasteiger partial charge in [0.1, 0.15) is 11.6 Å². The summed E-state index contributed by atoms with van der Waals surface area (Å²) in [4.78, 5) is 0. The minimum absolute atomic E-state index is 0.340. The smallest absolute Gasteiger partial charge is 0.149 e. The Morgan fingerprint density at radius 3 is 2.67 bits per heavy atom. The Morgan fingerprint density at radius 2 is 1.89 bits per heavy atom. The standard InChI is InChI=1S/C14H24N4/c1-11(15-12-7-4-2-3-5-8-12)14-17-16-13-9-6-10-18(13)14/h11-12,15H,2-10H2,1H3. The summed E-state index contributed by atoms with van der Waals surface area (Å²) < 4.78 is 2.31. The van der Waals surface area contributed by atoms with E-state index in [1.807, 2.05) is 0 Å². The zero-order chi connectivity index (χ0) is 12.4. The first-order valence-corrected chi connectivity index (χ1v) is 7.52. The van der Waals surface area contributed by atoms with E-state index in [0.29, 0.717) is 12.1 Å². The van der Waals surface area contributed by atoms with Gasteiger partial charge < -0.3 is 9.88 Å². The van der Waals surface area contributed by atoms with Crippen LogP contribution >= 0.6 is 0 Å². The first-order chi connectivity index (χ1) is 8.84. The van der Waals surface area contributed by atoms with Crippen molar-refractivity contribution in [3.05, 3.63) is 11.6 Å². The van der Waals surface area contributed by atoms with Gasteiger partial charge in [0.15, 0.2) is 0 Å². The lowest BCUT2D eigenvalue weighted by molar-refractivity contribution is 0.396. The molecule has 0 saturated heterocycles. The molecular weight excluding hydrogens is 224 g/mol. The fourth-order valence-electron chi connectivity index (χ4n) is 3.37. The molecule has 0 amide bonds. The average molecular weight is 248 g/mol. The topological polar surface area (TPSA) is 42.7 Å². The van der Waals surface area contributed by atoms with Gasteiger partial charge in [-0.25, -0.2) is 0 Å². The first-order valence-electron chi connectivity index (χ1n) is 7.52. The second-order valence-corrected chi connectivity index (χ2v) is 5.81. The highest BCUT2D eigenvalue weighted by Gasteiger charge is 2.23. The van der Waals surface area contributed by atoms with E-state index in [0.717, 1.165) is 18.8 Å². The minimum atomic E-state index is 0.340. The lowest BCUT2D eigenvalue weighted by Crippen LogP contribution is -2.32. The molecule has 4 nitrogen and oxygen atoms in total. The molecule has 1 aromatic heterocycles. The van der Waals surface area contributed by atoms with E-state index in [-0.39, 0.29) is 0 Å². The molecule has 2 aliphatic rings. The van der Waals surface area contributed by atoms with Crippen LogP contribution in [0.5, 0.6) is 0 Å². The average Bonchev–Trinajstić information content (AvgIpc) is 2.87. The fourth-order valence-corrected chi connectivity index (χ4v) is 3.37. The van der Waals surface area contributed by atoms with Crippen LogP contribution < -0.4 is 5.32 Å². The maximum atomic E-state index is 4.38.